The molecule has 0 bridgehead atoms. The highest BCUT2D eigenvalue weighted by Crippen LogP contribution is 2.24. The Morgan fingerprint density at radius 3 is 2.65 bits per heavy atom. The third kappa shape index (κ3) is 3.98. The quantitative estimate of drug-likeness (QED) is 0.884. The van der Waals surface area contributed by atoms with Gasteiger partial charge in [0.1, 0.15) is 0 Å². The predicted molar refractivity (Wildman–Crippen MR) is 70.4 cm³/mol. The number of rotatable bonds is 5. The van der Waals surface area contributed by atoms with E-state index in [1.807, 2.05) is 39.4 Å². The van der Waals surface area contributed by atoms with Gasteiger partial charge in [-0.2, -0.15) is 5.10 Å². The first-order chi connectivity index (χ1) is 7.89. The van der Waals surface area contributed by atoms with Gasteiger partial charge in [0.2, 0.25) is 0 Å². The Balaban J connectivity index is 2.82. The van der Waals surface area contributed by atoms with E-state index in [1.54, 1.807) is 6.20 Å². The van der Waals surface area contributed by atoms with Gasteiger partial charge in [0, 0.05) is 6.54 Å². The monoisotopic (exact) mass is 259 g/mol. The Kier molecular flexibility index (Phi) is 4.98. The zero-order chi connectivity index (χ0) is 13.1. The van der Waals surface area contributed by atoms with Crippen LogP contribution in [0.2, 0.25) is 5.02 Å². The van der Waals surface area contributed by atoms with E-state index in [4.69, 9.17) is 16.3 Å². The first-order valence-electron chi connectivity index (χ1n) is 5.91. The van der Waals surface area contributed by atoms with Crippen LogP contribution in [-0.4, -0.2) is 29.0 Å². The Hall–Kier alpha value is -0.580. The van der Waals surface area contributed by atoms with Crippen LogP contribution < -0.4 is 5.32 Å². The SMILES string of the molecule is CCn1ncc(Cl)c1C(COC(C)(C)C)NC. The van der Waals surface area contributed by atoms with Crippen molar-refractivity contribution in [3.8, 4) is 0 Å². The molecule has 0 aromatic carbocycles. The molecule has 0 aliphatic heterocycles. The van der Waals surface area contributed by atoms with E-state index in [2.05, 4.69) is 10.4 Å². The fourth-order valence-electron chi connectivity index (χ4n) is 1.60. The van der Waals surface area contributed by atoms with Crippen molar-refractivity contribution in [2.24, 2.45) is 0 Å². The molecule has 0 saturated heterocycles. The molecule has 5 heteroatoms. The molecule has 0 aliphatic rings. The van der Waals surface area contributed by atoms with Gasteiger partial charge >= 0.3 is 0 Å². The number of nitrogens with zero attached hydrogens (tertiary/aromatic N) is 2. The second-order valence-electron chi connectivity index (χ2n) is 4.96. The van der Waals surface area contributed by atoms with Crippen molar-refractivity contribution < 1.29 is 4.74 Å². The van der Waals surface area contributed by atoms with Gasteiger partial charge in [-0.25, -0.2) is 0 Å². The summed E-state index contributed by atoms with van der Waals surface area (Å²) in [6.45, 7) is 9.54. The second-order valence-corrected chi connectivity index (χ2v) is 5.37. The molecule has 1 rings (SSSR count). The highest BCUT2D eigenvalue weighted by molar-refractivity contribution is 6.31. The maximum absolute atomic E-state index is 6.17. The number of nitrogens with one attached hydrogen (secondary N) is 1. The predicted octanol–water partition coefficient (Wildman–Crippen LogP) is 2.63. The molecule has 4 nitrogen and oxygen atoms in total. The molecular formula is C12H22ClN3O. The van der Waals surface area contributed by atoms with Crippen molar-refractivity contribution in [3.05, 3.63) is 16.9 Å². The molecule has 1 unspecified atom stereocenters. The molecule has 0 fully saturated rings. The second kappa shape index (κ2) is 5.85. The maximum Gasteiger partial charge on any atom is 0.0835 e. The summed E-state index contributed by atoms with van der Waals surface area (Å²) in [6.07, 6.45) is 1.68. The molecule has 17 heavy (non-hydrogen) atoms. The number of hydrogen-bond donors (Lipinski definition) is 1. The third-order valence-electron chi connectivity index (χ3n) is 2.49. The molecule has 1 N–H and O–H groups in total. The van der Waals surface area contributed by atoms with E-state index >= 15 is 0 Å². The first kappa shape index (κ1) is 14.5. The fourth-order valence-corrected chi connectivity index (χ4v) is 1.88. The van der Waals surface area contributed by atoms with Gasteiger partial charge in [0.25, 0.3) is 0 Å². The summed E-state index contributed by atoms with van der Waals surface area (Å²) in [5.41, 5.74) is 0.833. The van der Waals surface area contributed by atoms with E-state index in [0.717, 1.165) is 12.2 Å². The molecule has 0 amide bonds. The van der Waals surface area contributed by atoms with Crippen molar-refractivity contribution in [1.29, 1.82) is 0 Å². The fraction of sp³-hybridized carbons (Fsp3) is 0.750. The summed E-state index contributed by atoms with van der Waals surface area (Å²) in [7, 11) is 1.90. The molecule has 1 aromatic rings. The Labute approximate surface area is 108 Å². The highest BCUT2D eigenvalue weighted by Gasteiger charge is 2.21. The van der Waals surface area contributed by atoms with E-state index in [9.17, 15) is 0 Å². The van der Waals surface area contributed by atoms with E-state index in [-0.39, 0.29) is 11.6 Å². The van der Waals surface area contributed by atoms with Crippen LogP contribution in [0.25, 0.3) is 0 Å². The lowest BCUT2D eigenvalue weighted by Crippen LogP contribution is -2.30. The molecule has 0 aliphatic carbocycles. The van der Waals surface area contributed by atoms with Crippen molar-refractivity contribution in [2.75, 3.05) is 13.7 Å². The minimum absolute atomic E-state index is 0.0594. The van der Waals surface area contributed by atoms with Crippen LogP contribution >= 0.6 is 11.6 Å². The lowest BCUT2D eigenvalue weighted by molar-refractivity contribution is -0.0148. The van der Waals surface area contributed by atoms with Gasteiger partial charge < -0.3 is 10.1 Å². The Morgan fingerprint density at radius 2 is 2.18 bits per heavy atom. The third-order valence-corrected chi connectivity index (χ3v) is 2.79. The highest BCUT2D eigenvalue weighted by atomic mass is 35.5. The molecule has 0 saturated carbocycles. The zero-order valence-electron chi connectivity index (χ0n) is 11.2. The average molecular weight is 260 g/mol. The van der Waals surface area contributed by atoms with E-state index < -0.39 is 0 Å². The molecule has 0 spiro atoms. The number of likely N-dealkylation sites (N-methyl/N-ethyl adjacent to an activating group) is 1. The summed E-state index contributed by atoms with van der Waals surface area (Å²) >= 11 is 6.17. The van der Waals surface area contributed by atoms with Crippen LogP contribution in [0.4, 0.5) is 0 Å². The summed E-state index contributed by atoms with van der Waals surface area (Å²) < 4.78 is 7.70. The van der Waals surface area contributed by atoms with Crippen LogP contribution in [0.1, 0.15) is 39.4 Å². The van der Waals surface area contributed by atoms with Crippen LogP contribution in [0.15, 0.2) is 6.20 Å². The lowest BCUT2D eigenvalue weighted by atomic mass is 10.1. The normalized spacial score (nSPS) is 14.0. The summed E-state index contributed by atoms with van der Waals surface area (Å²) in [6, 6.07) is 0.0594. The number of ether oxygens (including phenoxy) is 1. The minimum Gasteiger partial charge on any atom is -0.374 e. The molecule has 1 atom stereocenters. The summed E-state index contributed by atoms with van der Waals surface area (Å²) in [5, 5.41) is 8.14. The van der Waals surface area contributed by atoms with E-state index in [0.29, 0.717) is 11.6 Å². The smallest absolute Gasteiger partial charge is 0.0835 e. The van der Waals surface area contributed by atoms with Crippen LogP contribution in [0, 0.1) is 0 Å². The van der Waals surface area contributed by atoms with Crippen molar-refractivity contribution in [2.45, 2.75) is 45.9 Å². The van der Waals surface area contributed by atoms with Crippen molar-refractivity contribution >= 4 is 11.6 Å². The van der Waals surface area contributed by atoms with Gasteiger partial charge in [-0.3, -0.25) is 4.68 Å². The van der Waals surface area contributed by atoms with Crippen molar-refractivity contribution in [1.82, 2.24) is 15.1 Å². The molecule has 1 aromatic heterocycles. The number of aryl methyl sites for hydroxylation is 1. The van der Waals surface area contributed by atoms with Crippen LogP contribution in [0.3, 0.4) is 0 Å². The number of halogens is 1. The van der Waals surface area contributed by atoms with Gasteiger partial charge in [-0.15, -0.1) is 0 Å². The number of aromatic nitrogens is 2. The van der Waals surface area contributed by atoms with Crippen LogP contribution in [0.5, 0.6) is 0 Å². The lowest BCUT2D eigenvalue weighted by Gasteiger charge is -2.25. The van der Waals surface area contributed by atoms with Crippen LogP contribution in [-0.2, 0) is 11.3 Å². The van der Waals surface area contributed by atoms with Gasteiger partial charge in [0.05, 0.1) is 35.2 Å². The first-order valence-corrected chi connectivity index (χ1v) is 6.29. The Bertz CT molecular complexity index is 357. The minimum atomic E-state index is -0.154. The maximum atomic E-state index is 6.17. The standard InChI is InChI=1S/C12H22ClN3O/c1-6-16-11(9(13)7-15-16)10(14-5)8-17-12(2,3)4/h7,10,14H,6,8H2,1-5H3. The van der Waals surface area contributed by atoms with Gasteiger partial charge in [-0.1, -0.05) is 11.6 Å². The topological polar surface area (TPSA) is 39.1 Å². The summed E-state index contributed by atoms with van der Waals surface area (Å²) in [4.78, 5) is 0. The largest absolute Gasteiger partial charge is 0.374 e. The molecule has 0 radical (unpaired) electrons. The summed E-state index contributed by atoms with van der Waals surface area (Å²) in [5.74, 6) is 0. The Morgan fingerprint density at radius 1 is 1.53 bits per heavy atom. The van der Waals surface area contributed by atoms with E-state index in [1.165, 1.54) is 0 Å². The van der Waals surface area contributed by atoms with Gasteiger partial charge in [-0.05, 0) is 34.7 Å². The average Bonchev–Trinajstić information content (AvgIpc) is 2.60. The zero-order valence-corrected chi connectivity index (χ0v) is 12.0. The molecular weight excluding hydrogens is 238 g/mol. The van der Waals surface area contributed by atoms with Gasteiger partial charge in [0.15, 0.2) is 0 Å². The number of hydrogen-bond acceptors (Lipinski definition) is 3. The molecule has 98 valence electrons. The van der Waals surface area contributed by atoms with Crippen molar-refractivity contribution in [3.63, 3.8) is 0 Å². The molecule has 1 heterocycles.